The van der Waals surface area contributed by atoms with Crippen molar-refractivity contribution in [3.8, 4) is 28.8 Å². The number of primary amides is 1. The number of amides is 1. The summed E-state index contributed by atoms with van der Waals surface area (Å²) < 4.78 is 7.56. The van der Waals surface area contributed by atoms with Crippen LogP contribution in [0.4, 0.5) is 5.82 Å². The third kappa shape index (κ3) is 5.22. The van der Waals surface area contributed by atoms with Crippen LogP contribution in [0.5, 0.6) is 11.5 Å². The number of hydrogen-bond donors (Lipinski definition) is 2. The predicted octanol–water partition coefficient (Wildman–Crippen LogP) is 4.39. The lowest BCUT2D eigenvalue weighted by atomic mass is 10.1. The largest absolute Gasteiger partial charge is 0.457 e. The van der Waals surface area contributed by atoms with Gasteiger partial charge in [-0.25, -0.2) is 4.68 Å². The molecule has 4 rings (SSSR count). The topological polar surface area (TPSA) is 123 Å². The van der Waals surface area contributed by atoms with Crippen LogP contribution in [0.15, 0.2) is 60.7 Å². The molecule has 0 unspecified atom stereocenters. The summed E-state index contributed by atoms with van der Waals surface area (Å²) in [5.41, 5.74) is 13.4. The lowest BCUT2D eigenvalue weighted by Gasteiger charge is -2.32. The van der Waals surface area contributed by atoms with E-state index in [4.69, 9.17) is 38.2 Å². The van der Waals surface area contributed by atoms with Gasteiger partial charge in [0.1, 0.15) is 28.6 Å². The average molecular weight is 477 g/mol. The van der Waals surface area contributed by atoms with Crippen LogP contribution in [0.2, 0.25) is 5.02 Å². The first-order valence-electron chi connectivity index (χ1n) is 10.9. The van der Waals surface area contributed by atoms with Gasteiger partial charge in [0.15, 0.2) is 0 Å². The molecule has 1 aliphatic rings. The highest BCUT2D eigenvalue weighted by Crippen LogP contribution is 2.33. The number of carbonyl (C=O) groups is 1. The summed E-state index contributed by atoms with van der Waals surface area (Å²) in [5, 5.41) is 14.1. The molecule has 1 saturated heterocycles. The van der Waals surface area contributed by atoms with Crippen LogP contribution < -0.4 is 16.2 Å². The molecule has 34 heavy (non-hydrogen) atoms. The first-order chi connectivity index (χ1) is 16.5. The first kappa shape index (κ1) is 23.4. The number of carbonyl (C=O) groups excluding carboxylic acids is 1. The number of ether oxygens (including phenoxy) is 1. The number of rotatable bonds is 7. The second-order valence-electron chi connectivity index (χ2n) is 8.09. The van der Waals surface area contributed by atoms with Crippen molar-refractivity contribution in [3.63, 3.8) is 0 Å². The van der Waals surface area contributed by atoms with Crippen molar-refractivity contribution in [1.82, 2.24) is 14.7 Å². The van der Waals surface area contributed by atoms with Gasteiger partial charge in [-0.05, 0) is 67.9 Å². The van der Waals surface area contributed by atoms with Crippen LogP contribution in [0, 0.1) is 11.3 Å². The van der Waals surface area contributed by atoms with E-state index in [2.05, 4.69) is 4.90 Å². The molecular formula is C25H25ClN6O2. The molecule has 4 N–H and O–H groups in total. The van der Waals surface area contributed by atoms with E-state index in [1.807, 2.05) is 24.3 Å². The average Bonchev–Trinajstić information content (AvgIpc) is 3.19. The number of halogens is 1. The molecule has 1 aliphatic heterocycles. The summed E-state index contributed by atoms with van der Waals surface area (Å²) in [7, 11) is 0. The Balaban J connectivity index is 1.58. The minimum atomic E-state index is -0.621. The zero-order valence-electron chi connectivity index (χ0n) is 18.5. The Hall–Kier alpha value is -3.80. The lowest BCUT2D eigenvalue weighted by Crippen LogP contribution is -2.37. The number of nitriles is 1. The Bertz CT molecular complexity index is 1230. The molecule has 1 amide bonds. The summed E-state index contributed by atoms with van der Waals surface area (Å²) in [6.07, 6.45) is 5.16. The highest BCUT2D eigenvalue weighted by atomic mass is 35.5. The third-order valence-electron chi connectivity index (χ3n) is 5.75. The summed E-state index contributed by atoms with van der Waals surface area (Å²) in [6, 6.07) is 16.3. The number of benzene rings is 2. The molecule has 0 spiro atoms. The molecule has 1 fully saturated rings. The Morgan fingerprint density at radius 2 is 1.88 bits per heavy atom. The molecule has 174 valence electrons. The van der Waals surface area contributed by atoms with Gasteiger partial charge in [0.2, 0.25) is 0 Å². The Kier molecular flexibility index (Phi) is 7.16. The Labute approximate surface area is 203 Å². The number of hydrogen-bond acceptors (Lipinski definition) is 6. The number of allylic oxidation sites excluding steroid dienone is 1. The van der Waals surface area contributed by atoms with Gasteiger partial charge in [0, 0.05) is 29.8 Å². The van der Waals surface area contributed by atoms with Crippen molar-refractivity contribution in [1.29, 1.82) is 5.26 Å². The monoisotopic (exact) mass is 476 g/mol. The molecule has 1 atom stereocenters. The van der Waals surface area contributed by atoms with Gasteiger partial charge in [-0.2, -0.15) is 10.4 Å². The highest BCUT2D eigenvalue weighted by Gasteiger charge is 2.28. The molecule has 0 bridgehead atoms. The maximum Gasteiger partial charge on any atom is 0.254 e. The standard InChI is InChI=1S/C25H25ClN6O2/c26-18-7-11-21(12-8-18)34-20-9-5-17(6-10-20)23-22(25(29)33)24(28)32(30-23)19-4-3-15-31(16-19)14-2-1-13-27/h1-2,5-12,19H,3-4,14-16,28H2,(H2,29,33)/b2-1+/t19-/m1/s1. The smallest absolute Gasteiger partial charge is 0.254 e. The normalized spacial score (nSPS) is 16.4. The Morgan fingerprint density at radius 1 is 1.21 bits per heavy atom. The van der Waals surface area contributed by atoms with Crippen LogP contribution >= 0.6 is 11.6 Å². The summed E-state index contributed by atoms with van der Waals surface area (Å²) in [6.45, 7) is 2.32. The van der Waals surface area contributed by atoms with E-state index in [0.717, 1.165) is 19.4 Å². The van der Waals surface area contributed by atoms with E-state index in [9.17, 15) is 4.79 Å². The molecule has 9 heteroatoms. The molecule has 0 aliphatic carbocycles. The quantitative estimate of drug-likeness (QED) is 0.487. The van der Waals surface area contributed by atoms with Crippen LogP contribution in [0.1, 0.15) is 29.2 Å². The van der Waals surface area contributed by atoms with Gasteiger partial charge < -0.3 is 16.2 Å². The van der Waals surface area contributed by atoms with E-state index in [0.29, 0.717) is 40.9 Å². The fourth-order valence-electron chi connectivity index (χ4n) is 4.14. The maximum absolute atomic E-state index is 12.3. The van der Waals surface area contributed by atoms with Crippen molar-refractivity contribution in [2.24, 2.45) is 5.73 Å². The second-order valence-corrected chi connectivity index (χ2v) is 8.52. The molecule has 2 heterocycles. The molecule has 0 saturated carbocycles. The van der Waals surface area contributed by atoms with Gasteiger partial charge in [-0.1, -0.05) is 17.7 Å². The Morgan fingerprint density at radius 3 is 2.53 bits per heavy atom. The minimum absolute atomic E-state index is 0.00333. The van der Waals surface area contributed by atoms with Crippen molar-refractivity contribution < 1.29 is 9.53 Å². The number of aromatic nitrogens is 2. The number of likely N-dealkylation sites (tertiary alicyclic amines) is 1. The molecule has 1 aromatic heterocycles. The zero-order valence-corrected chi connectivity index (χ0v) is 19.3. The van der Waals surface area contributed by atoms with Crippen LogP contribution in [0.25, 0.3) is 11.3 Å². The molecule has 2 aromatic carbocycles. The van der Waals surface area contributed by atoms with Crippen LogP contribution in [-0.4, -0.2) is 40.2 Å². The molecular weight excluding hydrogens is 452 g/mol. The van der Waals surface area contributed by atoms with Crippen molar-refractivity contribution in [2.75, 3.05) is 25.4 Å². The van der Waals surface area contributed by atoms with Crippen LogP contribution in [0.3, 0.4) is 0 Å². The first-order valence-corrected chi connectivity index (χ1v) is 11.3. The highest BCUT2D eigenvalue weighted by molar-refractivity contribution is 6.30. The summed E-state index contributed by atoms with van der Waals surface area (Å²) in [5.74, 6) is 0.940. The summed E-state index contributed by atoms with van der Waals surface area (Å²) >= 11 is 5.92. The van der Waals surface area contributed by atoms with Crippen LogP contribution in [-0.2, 0) is 0 Å². The fourth-order valence-corrected chi connectivity index (χ4v) is 4.27. The lowest BCUT2D eigenvalue weighted by molar-refractivity contribution is 0.100. The van der Waals surface area contributed by atoms with Crippen molar-refractivity contribution >= 4 is 23.3 Å². The summed E-state index contributed by atoms with van der Waals surface area (Å²) in [4.78, 5) is 14.5. The number of piperidine rings is 1. The third-order valence-corrected chi connectivity index (χ3v) is 6.01. The van der Waals surface area contributed by atoms with Gasteiger partial charge in [-0.3, -0.25) is 9.69 Å². The minimum Gasteiger partial charge on any atom is -0.457 e. The van der Waals surface area contributed by atoms with Gasteiger partial charge in [-0.15, -0.1) is 0 Å². The van der Waals surface area contributed by atoms with E-state index in [-0.39, 0.29) is 17.4 Å². The van der Waals surface area contributed by atoms with E-state index in [1.54, 1.807) is 41.1 Å². The van der Waals surface area contributed by atoms with Gasteiger partial charge >= 0.3 is 0 Å². The second kappa shape index (κ2) is 10.4. The fraction of sp³-hybridized carbons (Fsp3) is 0.240. The molecule has 0 radical (unpaired) electrons. The zero-order chi connectivity index (χ0) is 24.1. The number of anilines is 1. The number of nitrogen functional groups attached to an aromatic ring is 1. The van der Waals surface area contributed by atoms with E-state index < -0.39 is 5.91 Å². The van der Waals surface area contributed by atoms with Crippen molar-refractivity contribution in [3.05, 3.63) is 71.3 Å². The molecule has 8 nitrogen and oxygen atoms in total. The van der Waals surface area contributed by atoms with Gasteiger partial charge in [0.05, 0.1) is 12.1 Å². The van der Waals surface area contributed by atoms with Gasteiger partial charge in [0.25, 0.3) is 5.91 Å². The SMILES string of the molecule is N#C/C=C/CN1CCC[C@@H](n2nc(-c3ccc(Oc4ccc(Cl)cc4)cc3)c(C(N)=O)c2N)C1. The van der Waals surface area contributed by atoms with Crippen molar-refractivity contribution in [2.45, 2.75) is 18.9 Å². The predicted molar refractivity (Wildman–Crippen MR) is 132 cm³/mol. The van der Waals surface area contributed by atoms with E-state index in [1.165, 1.54) is 6.08 Å². The number of nitrogens with zero attached hydrogens (tertiary/aromatic N) is 4. The maximum atomic E-state index is 12.3. The van der Waals surface area contributed by atoms with E-state index >= 15 is 0 Å². The molecule has 3 aromatic rings. The number of nitrogens with two attached hydrogens (primary N) is 2.